The van der Waals surface area contributed by atoms with E-state index in [0.29, 0.717) is 13.2 Å². The second-order valence-electron chi connectivity index (χ2n) is 6.75. The number of carbonyl (C=O) groups excluding carboxylic acids is 1. The molecule has 0 atom stereocenters. The molecule has 0 fully saturated rings. The van der Waals surface area contributed by atoms with Crippen molar-refractivity contribution in [3.8, 4) is 11.5 Å². The summed E-state index contributed by atoms with van der Waals surface area (Å²) >= 11 is 0. The summed E-state index contributed by atoms with van der Waals surface area (Å²) in [4.78, 5) is 12.1. The second kappa shape index (κ2) is 9.59. The molecule has 0 unspecified atom stereocenters. The summed E-state index contributed by atoms with van der Waals surface area (Å²) in [5.74, 6) is 1.39. The lowest BCUT2D eigenvalue weighted by molar-refractivity contribution is -0.116. The molecule has 6 nitrogen and oxygen atoms in total. The van der Waals surface area contributed by atoms with Crippen LogP contribution in [0, 0.1) is 6.92 Å². The van der Waals surface area contributed by atoms with Gasteiger partial charge in [0.1, 0.15) is 18.1 Å². The van der Waals surface area contributed by atoms with E-state index in [1.807, 2.05) is 62.6 Å². The Morgan fingerprint density at radius 2 is 2.10 bits per heavy atom. The third-order valence-corrected chi connectivity index (χ3v) is 4.34. The van der Waals surface area contributed by atoms with Gasteiger partial charge in [-0.3, -0.25) is 9.48 Å². The zero-order chi connectivity index (χ0) is 20.6. The highest BCUT2D eigenvalue weighted by Crippen LogP contribution is 2.23. The average molecular weight is 391 g/mol. The molecule has 150 valence electrons. The van der Waals surface area contributed by atoms with Gasteiger partial charge in [-0.1, -0.05) is 18.2 Å². The number of aromatic nitrogens is 2. The van der Waals surface area contributed by atoms with Gasteiger partial charge in [0.05, 0.1) is 13.3 Å². The smallest absolute Gasteiger partial charge is 0.244 e. The van der Waals surface area contributed by atoms with Crippen molar-refractivity contribution in [3.05, 3.63) is 83.2 Å². The molecule has 0 aliphatic heterocycles. The second-order valence-corrected chi connectivity index (χ2v) is 6.75. The number of carbonyl (C=O) groups is 1. The van der Waals surface area contributed by atoms with E-state index in [0.717, 1.165) is 33.8 Å². The number of nitrogens with one attached hydrogen (secondary N) is 1. The number of methoxy groups -OCH3 is 1. The zero-order valence-electron chi connectivity index (χ0n) is 16.9. The highest BCUT2D eigenvalue weighted by atomic mass is 16.5. The summed E-state index contributed by atoms with van der Waals surface area (Å²) in [6, 6.07) is 13.6. The van der Waals surface area contributed by atoms with Crippen LogP contribution in [0.5, 0.6) is 11.5 Å². The van der Waals surface area contributed by atoms with Gasteiger partial charge < -0.3 is 14.8 Å². The monoisotopic (exact) mass is 391 g/mol. The molecule has 1 heterocycles. The summed E-state index contributed by atoms with van der Waals surface area (Å²) in [6.07, 6.45) is 6.89. The van der Waals surface area contributed by atoms with Gasteiger partial charge in [0, 0.05) is 37.0 Å². The van der Waals surface area contributed by atoms with Gasteiger partial charge in [-0.15, -0.1) is 0 Å². The Balaban J connectivity index is 1.62. The summed E-state index contributed by atoms with van der Waals surface area (Å²) in [5.41, 5.74) is 3.90. The maximum absolute atomic E-state index is 12.1. The SMILES string of the molecule is COc1ccc(/C=C/C(=O)NCc2cnn(C)c2)cc1COc1cccc(C)c1. The molecule has 1 N–H and O–H groups in total. The predicted octanol–water partition coefficient (Wildman–Crippen LogP) is 3.65. The first-order valence-corrected chi connectivity index (χ1v) is 9.33. The third-order valence-electron chi connectivity index (χ3n) is 4.34. The number of ether oxygens (including phenoxy) is 2. The molecule has 29 heavy (non-hydrogen) atoms. The van der Waals surface area contributed by atoms with Crippen molar-refractivity contribution in [1.29, 1.82) is 0 Å². The van der Waals surface area contributed by atoms with E-state index in [-0.39, 0.29) is 5.91 Å². The lowest BCUT2D eigenvalue weighted by atomic mass is 10.1. The molecule has 1 aromatic heterocycles. The molecule has 0 saturated carbocycles. The molecule has 6 heteroatoms. The van der Waals surface area contributed by atoms with Gasteiger partial charge in [-0.2, -0.15) is 5.10 Å². The van der Waals surface area contributed by atoms with Crippen LogP contribution in [-0.2, 0) is 25.0 Å². The Bertz CT molecular complexity index is 1010. The number of hydrogen-bond donors (Lipinski definition) is 1. The molecule has 0 bridgehead atoms. The summed E-state index contributed by atoms with van der Waals surface area (Å²) in [5, 5.41) is 6.93. The summed E-state index contributed by atoms with van der Waals surface area (Å²) < 4.78 is 13.0. The number of aryl methyl sites for hydroxylation is 2. The van der Waals surface area contributed by atoms with Crippen molar-refractivity contribution >= 4 is 12.0 Å². The summed E-state index contributed by atoms with van der Waals surface area (Å²) in [6.45, 7) is 2.84. The number of benzene rings is 2. The van der Waals surface area contributed by atoms with E-state index in [1.54, 1.807) is 24.1 Å². The van der Waals surface area contributed by atoms with E-state index >= 15 is 0 Å². The van der Waals surface area contributed by atoms with Gasteiger partial charge in [-0.25, -0.2) is 0 Å². The first-order chi connectivity index (χ1) is 14.0. The molecule has 2 aromatic carbocycles. The highest BCUT2D eigenvalue weighted by Gasteiger charge is 2.06. The van der Waals surface area contributed by atoms with Crippen LogP contribution < -0.4 is 14.8 Å². The molecule has 3 aromatic rings. The minimum absolute atomic E-state index is 0.165. The number of nitrogens with zero attached hydrogens (tertiary/aromatic N) is 2. The molecule has 0 saturated heterocycles. The minimum Gasteiger partial charge on any atom is -0.496 e. The predicted molar refractivity (Wildman–Crippen MR) is 113 cm³/mol. The lowest BCUT2D eigenvalue weighted by Crippen LogP contribution is -2.19. The van der Waals surface area contributed by atoms with Crippen LogP contribution in [0.25, 0.3) is 6.08 Å². The molecule has 1 amide bonds. The van der Waals surface area contributed by atoms with Gasteiger partial charge in [0.2, 0.25) is 5.91 Å². The molecular formula is C23H25N3O3. The maximum Gasteiger partial charge on any atom is 0.244 e. The normalized spacial score (nSPS) is 10.9. The minimum atomic E-state index is -0.165. The molecule has 0 aliphatic rings. The molecular weight excluding hydrogens is 366 g/mol. The Hall–Kier alpha value is -3.54. The van der Waals surface area contributed by atoms with Gasteiger partial charge in [0.15, 0.2) is 0 Å². The molecule has 0 radical (unpaired) electrons. The van der Waals surface area contributed by atoms with Crippen molar-refractivity contribution in [2.24, 2.45) is 7.05 Å². The quantitative estimate of drug-likeness (QED) is 0.596. The van der Waals surface area contributed by atoms with Crippen LogP contribution in [0.15, 0.2) is 60.9 Å². The molecule has 0 spiro atoms. The number of amides is 1. The van der Waals surface area contributed by atoms with E-state index < -0.39 is 0 Å². The third kappa shape index (κ3) is 5.97. The van der Waals surface area contributed by atoms with E-state index in [9.17, 15) is 4.79 Å². The van der Waals surface area contributed by atoms with E-state index in [4.69, 9.17) is 9.47 Å². The van der Waals surface area contributed by atoms with Crippen LogP contribution in [0.1, 0.15) is 22.3 Å². The van der Waals surface area contributed by atoms with Crippen LogP contribution in [0.3, 0.4) is 0 Å². The topological polar surface area (TPSA) is 65.4 Å². The van der Waals surface area contributed by atoms with Gasteiger partial charge in [-0.05, 0) is 48.4 Å². The van der Waals surface area contributed by atoms with Gasteiger partial charge >= 0.3 is 0 Å². The van der Waals surface area contributed by atoms with Crippen molar-refractivity contribution < 1.29 is 14.3 Å². The standard InChI is InChI=1S/C23H25N3O3/c1-17-5-4-6-21(11-17)29-16-20-12-18(7-9-22(20)28-3)8-10-23(27)24-13-19-14-25-26(2)15-19/h4-12,14-15H,13,16H2,1-3H3,(H,24,27)/b10-8+. The van der Waals surface area contributed by atoms with Crippen molar-refractivity contribution in [3.63, 3.8) is 0 Å². The lowest BCUT2D eigenvalue weighted by Gasteiger charge is -2.11. The Kier molecular flexibility index (Phi) is 6.68. The number of rotatable bonds is 8. The molecule has 0 aliphatic carbocycles. The van der Waals surface area contributed by atoms with Crippen molar-refractivity contribution in [2.45, 2.75) is 20.1 Å². The van der Waals surface area contributed by atoms with Gasteiger partial charge in [0.25, 0.3) is 0 Å². The average Bonchev–Trinajstić information content (AvgIpc) is 3.14. The van der Waals surface area contributed by atoms with Crippen LogP contribution in [-0.4, -0.2) is 22.8 Å². The van der Waals surface area contributed by atoms with Crippen LogP contribution in [0.2, 0.25) is 0 Å². The van der Waals surface area contributed by atoms with E-state index in [2.05, 4.69) is 10.4 Å². The first-order valence-electron chi connectivity index (χ1n) is 9.33. The highest BCUT2D eigenvalue weighted by molar-refractivity contribution is 5.91. The van der Waals surface area contributed by atoms with E-state index in [1.165, 1.54) is 6.08 Å². The summed E-state index contributed by atoms with van der Waals surface area (Å²) in [7, 11) is 3.47. The fourth-order valence-electron chi connectivity index (χ4n) is 2.86. The maximum atomic E-state index is 12.1. The Morgan fingerprint density at radius 1 is 1.24 bits per heavy atom. The first kappa shape index (κ1) is 20.2. The fourth-order valence-corrected chi connectivity index (χ4v) is 2.86. The largest absolute Gasteiger partial charge is 0.496 e. The Labute approximate surface area is 170 Å². The Morgan fingerprint density at radius 3 is 2.83 bits per heavy atom. The number of hydrogen-bond acceptors (Lipinski definition) is 4. The van der Waals surface area contributed by atoms with Crippen LogP contribution >= 0.6 is 0 Å². The zero-order valence-corrected chi connectivity index (χ0v) is 16.9. The van der Waals surface area contributed by atoms with Crippen molar-refractivity contribution in [2.75, 3.05) is 7.11 Å². The van der Waals surface area contributed by atoms with Crippen LogP contribution in [0.4, 0.5) is 0 Å². The molecule has 3 rings (SSSR count). The van der Waals surface area contributed by atoms with Crippen molar-refractivity contribution in [1.82, 2.24) is 15.1 Å². The fraction of sp³-hybridized carbons (Fsp3) is 0.217.